The van der Waals surface area contributed by atoms with E-state index in [0.29, 0.717) is 0 Å². The molecule has 2 aromatic carbocycles. The Kier molecular flexibility index (Phi) is 3.39. The molecule has 1 fully saturated rings. The standard InChI is InChI=1S/C18H20N4/c1-2-7-15(8-3-1)13-22-12-6-11-18(14-22)19-16-9-4-5-10-17(16)20-21-18/h1-5,7-10,19H,6,11-14H2. The number of anilines is 1. The number of hydrogen-bond donors (Lipinski definition) is 1. The van der Waals surface area contributed by atoms with Gasteiger partial charge in [-0.1, -0.05) is 42.5 Å². The van der Waals surface area contributed by atoms with Crippen LogP contribution in [0.25, 0.3) is 0 Å². The molecule has 4 nitrogen and oxygen atoms in total. The van der Waals surface area contributed by atoms with E-state index in [1.54, 1.807) is 0 Å². The topological polar surface area (TPSA) is 40.0 Å². The lowest BCUT2D eigenvalue weighted by molar-refractivity contribution is 0.154. The van der Waals surface area contributed by atoms with Crippen molar-refractivity contribution in [2.24, 2.45) is 10.2 Å². The largest absolute Gasteiger partial charge is 0.357 e. The lowest BCUT2D eigenvalue weighted by Crippen LogP contribution is -2.51. The monoisotopic (exact) mass is 292 g/mol. The minimum Gasteiger partial charge on any atom is -0.357 e. The van der Waals surface area contributed by atoms with Gasteiger partial charge in [0, 0.05) is 13.1 Å². The van der Waals surface area contributed by atoms with Crippen molar-refractivity contribution < 1.29 is 0 Å². The molecule has 0 amide bonds. The first-order chi connectivity index (χ1) is 10.8. The van der Waals surface area contributed by atoms with Crippen LogP contribution in [-0.4, -0.2) is 23.7 Å². The molecular formula is C18H20N4. The minimum absolute atomic E-state index is 0.263. The molecule has 1 spiro atoms. The molecule has 2 aliphatic rings. The van der Waals surface area contributed by atoms with Crippen LogP contribution in [0.2, 0.25) is 0 Å². The first kappa shape index (κ1) is 13.5. The molecule has 1 unspecified atom stereocenters. The molecular weight excluding hydrogens is 272 g/mol. The summed E-state index contributed by atoms with van der Waals surface area (Å²) in [4.78, 5) is 2.47. The number of nitrogens with one attached hydrogen (secondary N) is 1. The van der Waals surface area contributed by atoms with Crippen LogP contribution in [-0.2, 0) is 6.54 Å². The van der Waals surface area contributed by atoms with E-state index in [9.17, 15) is 0 Å². The molecule has 0 radical (unpaired) electrons. The highest BCUT2D eigenvalue weighted by Crippen LogP contribution is 2.37. The fourth-order valence-corrected chi connectivity index (χ4v) is 3.38. The van der Waals surface area contributed by atoms with Crippen LogP contribution in [0, 0.1) is 0 Å². The van der Waals surface area contributed by atoms with E-state index >= 15 is 0 Å². The number of likely N-dealkylation sites (tertiary alicyclic amines) is 1. The van der Waals surface area contributed by atoms with Crippen molar-refractivity contribution in [2.45, 2.75) is 25.0 Å². The number of para-hydroxylation sites is 1. The highest BCUT2D eigenvalue weighted by molar-refractivity contribution is 5.67. The van der Waals surface area contributed by atoms with Crippen molar-refractivity contribution in [3.05, 3.63) is 60.2 Å². The van der Waals surface area contributed by atoms with Gasteiger partial charge in [0.25, 0.3) is 0 Å². The quantitative estimate of drug-likeness (QED) is 0.901. The number of hydrogen-bond acceptors (Lipinski definition) is 4. The zero-order valence-electron chi connectivity index (χ0n) is 12.6. The zero-order chi connectivity index (χ0) is 14.8. The van der Waals surface area contributed by atoms with Gasteiger partial charge in [-0.3, -0.25) is 4.90 Å². The summed E-state index contributed by atoms with van der Waals surface area (Å²) in [6.07, 6.45) is 2.18. The highest BCUT2D eigenvalue weighted by atomic mass is 15.3. The van der Waals surface area contributed by atoms with Gasteiger partial charge in [-0.2, -0.15) is 10.2 Å². The molecule has 0 saturated carbocycles. The van der Waals surface area contributed by atoms with Gasteiger partial charge < -0.3 is 5.32 Å². The number of azo groups is 1. The SMILES string of the molecule is c1ccc(CN2CCCC3(C2)N=Nc2ccccc2N3)cc1. The van der Waals surface area contributed by atoms with Crippen LogP contribution in [0.3, 0.4) is 0 Å². The highest BCUT2D eigenvalue weighted by Gasteiger charge is 2.37. The van der Waals surface area contributed by atoms with E-state index in [1.165, 1.54) is 5.56 Å². The van der Waals surface area contributed by atoms with Crippen LogP contribution >= 0.6 is 0 Å². The summed E-state index contributed by atoms with van der Waals surface area (Å²) >= 11 is 0. The molecule has 2 heterocycles. The van der Waals surface area contributed by atoms with Gasteiger partial charge in [-0.05, 0) is 37.1 Å². The Morgan fingerprint density at radius 1 is 1.05 bits per heavy atom. The van der Waals surface area contributed by atoms with Crippen molar-refractivity contribution >= 4 is 11.4 Å². The second-order valence-corrected chi connectivity index (χ2v) is 6.17. The van der Waals surface area contributed by atoms with Gasteiger partial charge >= 0.3 is 0 Å². The maximum absolute atomic E-state index is 4.63. The second-order valence-electron chi connectivity index (χ2n) is 6.17. The van der Waals surface area contributed by atoms with E-state index in [2.05, 4.69) is 56.8 Å². The number of piperidine rings is 1. The Balaban J connectivity index is 1.52. The summed E-state index contributed by atoms with van der Waals surface area (Å²) in [5.41, 5.74) is 3.13. The minimum atomic E-state index is -0.263. The first-order valence-electron chi connectivity index (χ1n) is 7.89. The van der Waals surface area contributed by atoms with E-state index in [-0.39, 0.29) is 5.66 Å². The van der Waals surface area contributed by atoms with Crippen molar-refractivity contribution in [3.8, 4) is 0 Å². The van der Waals surface area contributed by atoms with Crippen LogP contribution in [0.15, 0.2) is 64.8 Å². The molecule has 112 valence electrons. The molecule has 2 aromatic rings. The van der Waals surface area contributed by atoms with E-state index in [4.69, 9.17) is 0 Å². The molecule has 0 aliphatic carbocycles. The summed E-state index contributed by atoms with van der Waals surface area (Å²) in [5, 5.41) is 12.7. The summed E-state index contributed by atoms with van der Waals surface area (Å²) in [6, 6.07) is 18.8. The third kappa shape index (κ3) is 2.62. The van der Waals surface area contributed by atoms with Crippen molar-refractivity contribution in [2.75, 3.05) is 18.4 Å². The van der Waals surface area contributed by atoms with Crippen molar-refractivity contribution in [3.63, 3.8) is 0 Å². The summed E-state index contributed by atoms with van der Waals surface area (Å²) in [5.74, 6) is 0. The van der Waals surface area contributed by atoms with Gasteiger partial charge in [0.15, 0.2) is 5.66 Å². The Morgan fingerprint density at radius 2 is 1.86 bits per heavy atom. The lowest BCUT2D eigenvalue weighted by atomic mass is 9.97. The number of rotatable bonds is 2. The molecule has 0 bridgehead atoms. The van der Waals surface area contributed by atoms with Crippen LogP contribution in [0.5, 0.6) is 0 Å². The summed E-state index contributed by atoms with van der Waals surface area (Å²) in [7, 11) is 0. The van der Waals surface area contributed by atoms with Crippen LogP contribution < -0.4 is 5.32 Å². The molecule has 0 aromatic heterocycles. The maximum Gasteiger partial charge on any atom is 0.163 e. The van der Waals surface area contributed by atoms with E-state index in [0.717, 1.165) is 43.9 Å². The molecule has 4 rings (SSSR count). The molecule has 4 heteroatoms. The van der Waals surface area contributed by atoms with Crippen molar-refractivity contribution in [1.29, 1.82) is 0 Å². The fourth-order valence-electron chi connectivity index (χ4n) is 3.38. The number of fused-ring (bicyclic) bond motifs is 1. The van der Waals surface area contributed by atoms with Gasteiger partial charge in [0.1, 0.15) is 5.69 Å². The molecule has 2 aliphatic heterocycles. The number of benzene rings is 2. The lowest BCUT2D eigenvalue weighted by Gasteiger charge is -2.42. The Hall–Kier alpha value is -2.20. The molecule has 1 N–H and O–H groups in total. The van der Waals surface area contributed by atoms with Gasteiger partial charge in [0.2, 0.25) is 0 Å². The van der Waals surface area contributed by atoms with E-state index in [1.807, 2.05) is 18.2 Å². The zero-order valence-corrected chi connectivity index (χ0v) is 12.6. The molecule has 1 atom stereocenters. The Bertz CT molecular complexity index is 682. The average Bonchev–Trinajstić information content (AvgIpc) is 2.56. The van der Waals surface area contributed by atoms with Gasteiger partial charge in [-0.15, -0.1) is 0 Å². The van der Waals surface area contributed by atoms with Crippen LogP contribution in [0.4, 0.5) is 11.4 Å². The molecule has 22 heavy (non-hydrogen) atoms. The first-order valence-corrected chi connectivity index (χ1v) is 7.89. The van der Waals surface area contributed by atoms with Crippen molar-refractivity contribution in [1.82, 2.24) is 4.90 Å². The van der Waals surface area contributed by atoms with Gasteiger partial charge in [-0.25, -0.2) is 0 Å². The van der Waals surface area contributed by atoms with E-state index < -0.39 is 0 Å². The predicted octanol–water partition coefficient (Wildman–Crippen LogP) is 4.19. The Morgan fingerprint density at radius 3 is 2.77 bits per heavy atom. The predicted molar refractivity (Wildman–Crippen MR) is 88.3 cm³/mol. The normalized spacial score (nSPS) is 24.0. The third-order valence-electron chi connectivity index (χ3n) is 4.42. The fraction of sp³-hybridized carbons (Fsp3) is 0.333. The average molecular weight is 292 g/mol. The maximum atomic E-state index is 4.63. The summed E-state index contributed by atoms with van der Waals surface area (Å²) in [6.45, 7) is 3.00. The number of nitrogens with zero attached hydrogens (tertiary/aromatic N) is 3. The smallest absolute Gasteiger partial charge is 0.163 e. The Labute approximate surface area is 130 Å². The third-order valence-corrected chi connectivity index (χ3v) is 4.42. The second kappa shape index (κ2) is 5.54. The van der Waals surface area contributed by atoms with Gasteiger partial charge in [0.05, 0.1) is 5.69 Å². The molecule has 1 saturated heterocycles. The van der Waals surface area contributed by atoms with Crippen LogP contribution in [0.1, 0.15) is 18.4 Å². The summed E-state index contributed by atoms with van der Waals surface area (Å²) < 4.78 is 0.